The van der Waals surface area contributed by atoms with Gasteiger partial charge in [-0.1, -0.05) is 175 Å². The molecule has 0 aliphatic rings. The lowest BCUT2D eigenvalue weighted by atomic mass is 9.90. The molecule has 0 aliphatic carbocycles. The van der Waals surface area contributed by atoms with E-state index in [1.807, 2.05) is 0 Å². The first-order chi connectivity index (χ1) is 37.1. The van der Waals surface area contributed by atoms with Gasteiger partial charge in [0.05, 0.1) is 52.4 Å². The van der Waals surface area contributed by atoms with Gasteiger partial charge in [-0.2, -0.15) is 0 Å². The highest BCUT2D eigenvalue weighted by molar-refractivity contribution is 7.20. The molecule has 3 heteroatoms. The van der Waals surface area contributed by atoms with Crippen LogP contribution in [-0.4, -0.2) is 9.97 Å². The molecule has 2 nitrogen and oxygen atoms in total. The average molecular weight is 719 g/mol. The molecule has 0 amide bonds. The van der Waals surface area contributed by atoms with Crippen LogP contribution in [0.1, 0.15) is 35.6 Å². The van der Waals surface area contributed by atoms with Crippen molar-refractivity contribution in [1.29, 1.82) is 0 Å². The van der Waals surface area contributed by atoms with Gasteiger partial charge < -0.3 is 0 Å². The van der Waals surface area contributed by atoms with Crippen molar-refractivity contribution in [2.24, 2.45) is 0 Å². The summed E-state index contributed by atoms with van der Waals surface area (Å²) in [5.74, 6) is 0. The smallest absolute Gasteiger partial charge is 0.0972 e. The third kappa shape index (κ3) is 5.50. The molecule has 0 spiro atoms. The standard InChI is InChI=1S/C50H32N2S/c1-4-13-34(14-5-1)45-46(35-15-6-2-7-16-35)50(53-49(45)38-17-8-3-9-18-38)39-26-22-33(23-27-39)40-29-30-43(42-21-11-10-20-41(40)42)44-31-28-37-25-24-36-19-12-32-51-47(36)48(37)52-44/h1-32H/i1D,2D,3D,4D,5D,6D,7D,8D,9D,12D,13D,14D,15D,16D,17D,18D,19D,22D,23D,24D,25D,26D,27D,28D,31D,32D. The summed E-state index contributed by atoms with van der Waals surface area (Å²) in [6.07, 6.45) is -0.630. The number of thiophene rings is 1. The van der Waals surface area contributed by atoms with Crippen LogP contribution >= 0.6 is 11.3 Å². The molecule has 248 valence electrons. The summed E-state index contributed by atoms with van der Waals surface area (Å²) in [7, 11) is 0. The Morgan fingerprint density at radius 3 is 1.57 bits per heavy atom. The van der Waals surface area contributed by atoms with E-state index in [2.05, 4.69) is 9.97 Å². The van der Waals surface area contributed by atoms with E-state index in [1.54, 1.807) is 24.3 Å². The second kappa shape index (κ2) is 13.1. The summed E-state index contributed by atoms with van der Waals surface area (Å²) in [6.45, 7) is 0. The molecule has 0 aliphatic heterocycles. The average Bonchev–Trinajstić information content (AvgIpc) is 3.89. The molecule has 53 heavy (non-hydrogen) atoms. The highest BCUT2D eigenvalue weighted by atomic mass is 32.1. The zero-order valence-corrected chi connectivity index (χ0v) is 27.6. The summed E-state index contributed by atoms with van der Waals surface area (Å²) < 4.78 is 231. The van der Waals surface area contributed by atoms with Crippen molar-refractivity contribution in [3.8, 4) is 65.5 Å². The molecule has 0 fully saturated rings. The molecule has 0 atom stereocenters. The van der Waals surface area contributed by atoms with E-state index in [4.69, 9.17) is 27.4 Å². The van der Waals surface area contributed by atoms with Crippen molar-refractivity contribution in [1.82, 2.24) is 9.97 Å². The number of aromatic nitrogens is 2. The number of fused-ring (bicyclic) bond motifs is 4. The Morgan fingerprint density at radius 2 is 0.925 bits per heavy atom. The maximum atomic E-state index is 9.72. The van der Waals surface area contributed by atoms with Crippen LogP contribution in [0.3, 0.4) is 0 Å². The van der Waals surface area contributed by atoms with Crippen LogP contribution < -0.4 is 0 Å². The van der Waals surface area contributed by atoms with Gasteiger partial charge in [-0.15, -0.1) is 11.3 Å². The number of hydrogen-bond donors (Lipinski definition) is 0. The first-order valence-corrected chi connectivity index (χ1v) is 16.6. The molecule has 3 aromatic heterocycles. The zero-order chi connectivity index (χ0) is 57.8. The van der Waals surface area contributed by atoms with E-state index in [9.17, 15) is 8.22 Å². The Hall–Kier alpha value is -6.68. The lowest BCUT2D eigenvalue weighted by Crippen LogP contribution is -1.91. The summed E-state index contributed by atoms with van der Waals surface area (Å²) in [5, 5.41) is 0.00170. The third-order valence-corrected chi connectivity index (χ3v) is 9.61. The van der Waals surface area contributed by atoms with Crippen molar-refractivity contribution in [2.75, 3.05) is 0 Å². The Morgan fingerprint density at radius 1 is 0.415 bits per heavy atom. The van der Waals surface area contributed by atoms with Gasteiger partial charge in [0.2, 0.25) is 0 Å². The molecule has 10 aromatic rings. The minimum Gasteiger partial charge on any atom is -0.254 e. The molecule has 3 heterocycles. The molecule has 0 N–H and O–H groups in total. The third-order valence-electron chi connectivity index (χ3n) is 8.39. The van der Waals surface area contributed by atoms with Gasteiger partial charge in [0.25, 0.3) is 0 Å². The summed E-state index contributed by atoms with van der Waals surface area (Å²) >= 11 is 0.414. The monoisotopic (exact) mass is 718 g/mol. The summed E-state index contributed by atoms with van der Waals surface area (Å²) in [5.41, 5.74) is -4.58. The maximum Gasteiger partial charge on any atom is 0.0972 e. The van der Waals surface area contributed by atoms with E-state index >= 15 is 0 Å². The SMILES string of the molecule is [2H]c1nc2c(c([2H])c1[2H])c([2H])c([2H])c1c([2H])c([2H])c(-c3ccc(-c4c([2H])c([2H])c(-c5sc(-c6c([2H])c([2H])c([2H])c([2H])c6[2H])c(-c6c([2H])c([2H])c([2H])c([2H])c6[2H])c5-c5c([2H])c([2H])c([2H])c([2H])c5[2H])c([2H])c4[2H])c4ccccc34)nc12. The van der Waals surface area contributed by atoms with Crippen molar-refractivity contribution >= 4 is 43.9 Å². The molecule has 0 saturated heterocycles. The fourth-order valence-corrected chi connectivity index (χ4v) is 7.32. The lowest BCUT2D eigenvalue weighted by molar-refractivity contribution is 1.37. The van der Waals surface area contributed by atoms with E-state index in [0.29, 0.717) is 11.3 Å². The molecule has 10 rings (SSSR count). The molecule has 7 aromatic carbocycles. The number of pyridine rings is 2. The maximum absolute atomic E-state index is 9.72. The van der Waals surface area contributed by atoms with Gasteiger partial charge in [0, 0.05) is 43.4 Å². The Bertz CT molecular complexity index is 4340. The fraction of sp³-hybridized carbons (Fsp3) is 0. The Labute approximate surface area is 348 Å². The molecule has 0 saturated carbocycles. The van der Waals surface area contributed by atoms with Crippen molar-refractivity contribution in [3.63, 3.8) is 0 Å². The second-order valence-electron chi connectivity index (χ2n) is 11.3. The number of hydrogen-bond acceptors (Lipinski definition) is 3. The molecular weight excluding hydrogens is 661 g/mol. The van der Waals surface area contributed by atoms with Crippen LogP contribution in [0.5, 0.6) is 0 Å². The van der Waals surface area contributed by atoms with E-state index in [0.717, 1.165) is 0 Å². The van der Waals surface area contributed by atoms with Crippen LogP contribution in [0.25, 0.3) is 98.1 Å². The van der Waals surface area contributed by atoms with Crippen molar-refractivity contribution < 1.29 is 35.6 Å². The lowest BCUT2D eigenvalue weighted by Gasteiger charge is -2.13. The summed E-state index contributed by atoms with van der Waals surface area (Å²) in [6, 6.07) is -10.8. The van der Waals surface area contributed by atoms with Crippen molar-refractivity contribution in [3.05, 3.63) is 194 Å². The van der Waals surface area contributed by atoms with Gasteiger partial charge in [0.15, 0.2) is 0 Å². The fourth-order valence-electron chi connectivity index (χ4n) is 6.10. The van der Waals surface area contributed by atoms with E-state index in [1.165, 1.54) is 12.1 Å². The highest BCUT2D eigenvalue weighted by Crippen LogP contribution is 2.52. The second-order valence-corrected chi connectivity index (χ2v) is 12.4. The normalized spacial score (nSPS) is 18.3. The molecular formula is C50H32N2S. The largest absolute Gasteiger partial charge is 0.254 e. The van der Waals surface area contributed by atoms with Crippen molar-refractivity contribution in [2.45, 2.75) is 0 Å². The first-order valence-electron chi connectivity index (χ1n) is 28.8. The van der Waals surface area contributed by atoms with E-state index < -0.39 is 200 Å². The number of rotatable bonds is 6. The number of nitrogens with zero attached hydrogens (tertiary/aromatic N) is 2. The van der Waals surface area contributed by atoms with Crippen LogP contribution in [-0.2, 0) is 0 Å². The quantitative estimate of drug-likeness (QED) is 0.160. The van der Waals surface area contributed by atoms with E-state index in [-0.39, 0.29) is 55.0 Å². The van der Waals surface area contributed by atoms with Gasteiger partial charge in [-0.25, -0.2) is 4.98 Å². The first kappa shape index (κ1) is 14.4. The Balaban J connectivity index is 1.31. The van der Waals surface area contributed by atoms with Gasteiger partial charge in [-0.05, 0) is 56.2 Å². The predicted octanol–water partition coefficient (Wildman–Crippen LogP) is 14.0. The van der Waals surface area contributed by atoms with Crippen LogP contribution in [0, 0.1) is 0 Å². The minimum absolute atomic E-state index is 0.0676. The van der Waals surface area contributed by atoms with Gasteiger partial charge in [0.1, 0.15) is 0 Å². The minimum atomic E-state index is -0.936. The Kier molecular flexibility index (Phi) is 3.57. The topological polar surface area (TPSA) is 25.8 Å². The van der Waals surface area contributed by atoms with Gasteiger partial charge >= 0.3 is 0 Å². The summed E-state index contributed by atoms with van der Waals surface area (Å²) in [4.78, 5) is 7.83. The number of benzene rings is 7. The van der Waals surface area contributed by atoms with Crippen LogP contribution in [0.15, 0.2) is 194 Å². The molecule has 0 bridgehead atoms. The predicted molar refractivity (Wildman–Crippen MR) is 225 cm³/mol. The molecule has 0 unspecified atom stereocenters. The zero-order valence-electron chi connectivity index (χ0n) is 52.8. The molecule has 0 radical (unpaired) electrons. The highest BCUT2D eigenvalue weighted by Gasteiger charge is 2.23. The van der Waals surface area contributed by atoms with Crippen LogP contribution in [0.2, 0.25) is 0 Å². The van der Waals surface area contributed by atoms with Crippen LogP contribution in [0.4, 0.5) is 0 Å². The van der Waals surface area contributed by atoms with Gasteiger partial charge in [-0.3, -0.25) is 4.98 Å².